The number of amides is 2. The molecule has 0 radical (unpaired) electrons. The van der Waals surface area contributed by atoms with Crippen molar-refractivity contribution >= 4 is 34.9 Å². The van der Waals surface area contributed by atoms with Crippen molar-refractivity contribution < 1.29 is 14.3 Å². The minimum atomic E-state index is -0.542. The molecule has 0 spiro atoms. The second-order valence-corrected chi connectivity index (χ2v) is 7.36. The Morgan fingerprint density at radius 3 is 2.57 bits per heavy atom. The van der Waals surface area contributed by atoms with Crippen LogP contribution in [-0.2, 0) is 9.53 Å². The maximum Gasteiger partial charge on any atom is 0.407 e. The number of alkyl carbamates (subject to hydrolysis) is 1. The van der Waals surface area contributed by atoms with Crippen LogP contribution in [0.4, 0.5) is 4.79 Å². The topological polar surface area (TPSA) is 67.4 Å². The molecule has 0 saturated heterocycles. The molecule has 0 fully saturated rings. The van der Waals surface area contributed by atoms with Gasteiger partial charge in [0.05, 0.1) is 10.4 Å². The Kier molecular flexibility index (Phi) is 6.48. The Bertz CT molecular complexity index is 497. The highest BCUT2D eigenvalue weighted by molar-refractivity contribution is 7.16. The Morgan fingerprint density at radius 1 is 1.38 bits per heavy atom. The molecule has 1 unspecified atom stereocenters. The van der Waals surface area contributed by atoms with Crippen molar-refractivity contribution in [2.75, 3.05) is 6.54 Å². The fourth-order valence-electron chi connectivity index (χ4n) is 1.54. The van der Waals surface area contributed by atoms with E-state index in [2.05, 4.69) is 10.6 Å². The molecular weight excluding hydrogens is 312 g/mol. The first-order valence-electron chi connectivity index (χ1n) is 6.69. The summed E-state index contributed by atoms with van der Waals surface area (Å²) in [5.41, 5.74) is -0.542. The lowest BCUT2D eigenvalue weighted by molar-refractivity contribution is -0.121. The molecule has 0 aliphatic carbocycles. The molecule has 1 heterocycles. The number of rotatable bonds is 5. The van der Waals surface area contributed by atoms with E-state index in [0.717, 1.165) is 4.88 Å². The molecule has 118 valence electrons. The molecule has 5 nitrogen and oxygen atoms in total. The maximum atomic E-state index is 11.8. The van der Waals surface area contributed by atoms with Crippen LogP contribution < -0.4 is 10.6 Å². The van der Waals surface area contributed by atoms with E-state index in [9.17, 15) is 9.59 Å². The van der Waals surface area contributed by atoms with E-state index in [4.69, 9.17) is 16.3 Å². The summed E-state index contributed by atoms with van der Waals surface area (Å²) in [4.78, 5) is 24.2. The van der Waals surface area contributed by atoms with Crippen LogP contribution in [-0.4, -0.2) is 24.1 Å². The summed E-state index contributed by atoms with van der Waals surface area (Å²) in [5.74, 6) is -0.136. The quantitative estimate of drug-likeness (QED) is 0.867. The van der Waals surface area contributed by atoms with Gasteiger partial charge in [-0.1, -0.05) is 11.6 Å². The van der Waals surface area contributed by atoms with Crippen molar-refractivity contribution in [2.24, 2.45) is 0 Å². The highest BCUT2D eigenvalue weighted by atomic mass is 35.5. The molecule has 1 rings (SSSR count). The van der Waals surface area contributed by atoms with Crippen LogP contribution in [0.15, 0.2) is 12.1 Å². The molecule has 0 bridgehead atoms. The van der Waals surface area contributed by atoms with Crippen LogP contribution in [0.3, 0.4) is 0 Å². The summed E-state index contributed by atoms with van der Waals surface area (Å²) >= 11 is 7.29. The molecule has 0 aromatic carbocycles. The first-order chi connectivity index (χ1) is 9.67. The van der Waals surface area contributed by atoms with Gasteiger partial charge in [-0.05, 0) is 39.8 Å². The van der Waals surface area contributed by atoms with Crippen LogP contribution in [0.1, 0.15) is 45.0 Å². The molecule has 0 aliphatic rings. The third-order valence-corrected chi connectivity index (χ3v) is 3.83. The number of halogens is 1. The van der Waals surface area contributed by atoms with Gasteiger partial charge in [0.25, 0.3) is 0 Å². The van der Waals surface area contributed by atoms with Crippen LogP contribution in [0.5, 0.6) is 0 Å². The number of nitrogens with one attached hydrogen (secondary N) is 2. The summed E-state index contributed by atoms with van der Waals surface area (Å²) in [7, 11) is 0. The molecule has 0 aliphatic heterocycles. The average Bonchev–Trinajstić information content (AvgIpc) is 2.73. The Hall–Kier alpha value is -1.27. The predicted molar refractivity (Wildman–Crippen MR) is 84.7 cm³/mol. The van der Waals surface area contributed by atoms with Gasteiger partial charge in [-0.2, -0.15) is 0 Å². The van der Waals surface area contributed by atoms with Crippen LogP contribution in [0.2, 0.25) is 4.34 Å². The van der Waals surface area contributed by atoms with Crippen LogP contribution in [0, 0.1) is 0 Å². The molecule has 1 aromatic rings. The van der Waals surface area contributed by atoms with Gasteiger partial charge in [0.15, 0.2) is 0 Å². The summed E-state index contributed by atoms with van der Waals surface area (Å²) in [6.07, 6.45) is -0.323. The Balaban J connectivity index is 2.27. The first-order valence-corrected chi connectivity index (χ1v) is 7.88. The fraction of sp³-hybridized carbons (Fsp3) is 0.571. The van der Waals surface area contributed by atoms with Gasteiger partial charge in [0.1, 0.15) is 5.60 Å². The van der Waals surface area contributed by atoms with E-state index in [0.29, 0.717) is 4.34 Å². The third-order valence-electron chi connectivity index (χ3n) is 2.42. The van der Waals surface area contributed by atoms with Crippen molar-refractivity contribution in [1.29, 1.82) is 0 Å². The van der Waals surface area contributed by atoms with Gasteiger partial charge in [-0.15, -0.1) is 11.3 Å². The number of carbonyl (C=O) groups is 2. The van der Waals surface area contributed by atoms with Crippen molar-refractivity contribution in [3.63, 3.8) is 0 Å². The number of hydrogen-bond donors (Lipinski definition) is 2. The second kappa shape index (κ2) is 7.66. The van der Waals surface area contributed by atoms with Crippen molar-refractivity contribution in [2.45, 2.75) is 45.8 Å². The zero-order valence-electron chi connectivity index (χ0n) is 12.7. The number of thiophene rings is 1. The summed E-state index contributed by atoms with van der Waals surface area (Å²) in [6.45, 7) is 7.48. The van der Waals surface area contributed by atoms with E-state index in [1.807, 2.05) is 13.0 Å². The number of hydrogen-bond acceptors (Lipinski definition) is 4. The smallest absolute Gasteiger partial charge is 0.407 e. The fourth-order valence-corrected chi connectivity index (χ4v) is 2.60. The maximum absolute atomic E-state index is 11.8. The third kappa shape index (κ3) is 7.34. The number of carbonyl (C=O) groups excluding carboxylic acids is 2. The van der Waals surface area contributed by atoms with Gasteiger partial charge in [0.2, 0.25) is 5.91 Å². The van der Waals surface area contributed by atoms with Gasteiger partial charge < -0.3 is 15.4 Å². The van der Waals surface area contributed by atoms with Gasteiger partial charge in [-0.3, -0.25) is 4.79 Å². The zero-order chi connectivity index (χ0) is 16.0. The van der Waals surface area contributed by atoms with Crippen LogP contribution in [0.25, 0.3) is 0 Å². The largest absolute Gasteiger partial charge is 0.444 e. The lowest BCUT2D eigenvalue weighted by Gasteiger charge is -2.19. The van der Waals surface area contributed by atoms with Gasteiger partial charge in [-0.25, -0.2) is 4.79 Å². The lowest BCUT2D eigenvalue weighted by Crippen LogP contribution is -2.35. The molecule has 0 saturated carbocycles. The van der Waals surface area contributed by atoms with Crippen molar-refractivity contribution in [3.8, 4) is 0 Å². The SMILES string of the molecule is CC(NC(=O)CCNC(=O)OC(C)(C)C)c1ccc(Cl)s1. The summed E-state index contributed by atoms with van der Waals surface area (Å²) in [5, 5.41) is 5.40. The second-order valence-electron chi connectivity index (χ2n) is 5.61. The molecular formula is C14H21ClN2O3S. The standard InChI is InChI=1S/C14H21ClN2O3S/c1-9(10-5-6-11(15)21-10)17-12(18)7-8-16-13(19)20-14(2,3)4/h5-6,9H,7-8H2,1-4H3,(H,16,19)(H,17,18). The monoisotopic (exact) mass is 332 g/mol. The number of ether oxygens (including phenoxy) is 1. The normalized spacial score (nSPS) is 12.6. The Morgan fingerprint density at radius 2 is 2.05 bits per heavy atom. The van der Waals surface area contributed by atoms with Gasteiger partial charge in [0, 0.05) is 17.8 Å². The molecule has 2 amide bonds. The lowest BCUT2D eigenvalue weighted by atomic mass is 10.2. The molecule has 21 heavy (non-hydrogen) atoms. The van der Waals surface area contributed by atoms with E-state index < -0.39 is 11.7 Å². The van der Waals surface area contributed by atoms with Crippen molar-refractivity contribution in [3.05, 3.63) is 21.3 Å². The summed E-state index contributed by atoms with van der Waals surface area (Å²) in [6, 6.07) is 3.59. The first kappa shape index (κ1) is 17.8. The molecule has 7 heteroatoms. The molecule has 1 aromatic heterocycles. The summed E-state index contributed by atoms with van der Waals surface area (Å²) < 4.78 is 5.77. The minimum absolute atomic E-state index is 0.100. The molecule has 1 atom stereocenters. The Labute approximate surface area is 134 Å². The molecule has 2 N–H and O–H groups in total. The zero-order valence-corrected chi connectivity index (χ0v) is 14.2. The van der Waals surface area contributed by atoms with E-state index in [1.165, 1.54) is 11.3 Å². The minimum Gasteiger partial charge on any atom is -0.444 e. The van der Waals surface area contributed by atoms with E-state index in [1.54, 1.807) is 26.8 Å². The highest BCUT2D eigenvalue weighted by Gasteiger charge is 2.16. The predicted octanol–water partition coefficient (Wildman–Crippen LogP) is 3.49. The van der Waals surface area contributed by atoms with E-state index in [-0.39, 0.29) is 24.9 Å². The average molecular weight is 333 g/mol. The van der Waals surface area contributed by atoms with Crippen LogP contribution >= 0.6 is 22.9 Å². The highest BCUT2D eigenvalue weighted by Crippen LogP contribution is 2.26. The van der Waals surface area contributed by atoms with Gasteiger partial charge >= 0.3 is 6.09 Å². The van der Waals surface area contributed by atoms with E-state index >= 15 is 0 Å². The van der Waals surface area contributed by atoms with Crippen molar-refractivity contribution in [1.82, 2.24) is 10.6 Å².